The van der Waals surface area contributed by atoms with Gasteiger partial charge in [-0.1, -0.05) is 11.6 Å². The first-order chi connectivity index (χ1) is 12.9. The van der Waals surface area contributed by atoms with E-state index in [1.165, 1.54) is 24.5 Å². The summed E-state index contributed by atoms with van der Waals surface area (Å²) < 4.78 is 35.1. The van der Waals surface area contributed by atoms with Crippen LogP contribution in [-0.2, 0) is 0 Å². The minimum absolute atomic E-state index is 0.135. The fraction of sp³-hybridized carbons (Fsp3) is 0.353. The molecule has 0 spiro atoms. The number of piperidine rings is 1. The third-order valence-corrected chi connectivity index (χ3v) is 4.61. The van der Waals surface area contributed by atoms with Gasteiger partial charge in [0.2, 0.25) is 0 Å². The molecule has 3 heterocycles. The molecular formula is C17H15ClF2N4O3. The van der Waals surface area contributed by atoms with Gasteiger partial charge in [0.05, 0.1) is 23.1 Å². The van der Waals surface area contributed by atoms with Crippen molar-refractivity contribution in [1.82, 2.24) is 14.9 Å². The number of carbonyl (C=O) groups excluding carboxylic acids is 1. The first kappa shape index (κ1) is 17.7. The number of hydrogen-bond donors (Lipinski definition) is 1. The van der Waals surface area contributed by atoms with E-state index in [0.717, 1.165) is 32.4 Å². The third-order valence-electron chi connectivity index (χ3n) is 4.30. The number of ether oxygens (including phenoxy) is 2. The number of nitrogens with one attached hydrogen (secondary N) is 1. The Morgan fingerprint density at radius 3 is 2.48 bits per heavy atom. The maximum atomic E-state index is 13.2. The normalized spacial score (nSPS) is 17.7. The molecule has 0 unspecified atom stereocenters. The Bertz CT molecular complexity index is 873. The lowest BCUT2D eigenvalue weighted by Crippen LogP contribution is -2.38. The van der Waals surface area contributed by atoms with Crippen LogP contribution in [0.2, 0.25) is 5.02 Å². The number of nitrogens with zero attached hydrogens (tertiary/aromatic N) is 3. The second kappa shape index (κ2) is 6.80. The van der Waals surface area contributed by atoms with Crippen LogP contribution in [0.1, 0.15) is 19.3 Å². The van der Waals surface area contributed by atoms with Gasteiger partial charge < -0.3 is 14.4 Å². The Balaban J connectivity index is 1.50. The van der Waals surface area contributed by atoms with Crippen LogP contribution >= 0.6 is 11.6 Å². The number of aromatic nitrogens is 2. The summed E-state index contributed by atoms with van der Waals surface area (Å²) >= 11 is 6.14. The fourth-order valence-corrected chi connectivity index (χ4v) is 3.24. The molecule has 142 valence electrons. The van der Waals surface area contributed by atoms with E-state index in [1.807, 2.05) is 0 Å². The minimum atomic E-state index is -3.72. The highest BCUT2D eigenvalue weighted by molar-refractivity contribution is 6.33. The molecule has 4 rings (SSSR count). The van der Waals surface area contributed by atoms with Gasteiger partial charge >= 0.3 is 12.3 Å². The van der Waals surface area contributed by atoms with Crippen LogP contribution in [0, 0.1) is 0 Å². The highest BCUT2D eigenvalue weighted by Crippen LogP contribution is 2.45. The molecule has 27 heavy (non-hydrogen) atoms. The predicted octanol–water partition coefficient (Wildman–Crippen LogP) is 4.14. The zero-order valence-electron chi connectivity index (χ0n) is 14.0. The summed E-state index contributed by atoms with van der Waals surface area (Å²) in [7, 11) is 0. The Kier molecular flexibility index (Phi) is 4.47. The molecule has 1 aromatic heterocycles. The average molecular weight is 397 g/mol. The minimum Gasteiger partial charge on any atom is -0.395 e. The van der Waals surface area contributed by atoms with Crippen molar-refractivity contribution in [3.8, 4) is 22.8 Å². The van der Waals surface area contributed by atoms with E-state index in [1.54, 1.807) is 4.90 Å². The predicted molar refractivity (Wildman–Crippen MR) is 93.1 cm³/mol. The largest absolute Gasteiger partial charge is 0.586 e. The van der Waals surface area contributed by atoms with Gasteiger partial charge in [-0.05, 0) is 25.3 Å². The van der Waals surface area contributed by atoms with Crippen molar-refractivity contribution in [2.75, 3.05) is 18.4 Å². The van der Waals surface area contributed by atoms with Gasteiger partial charge in [-0.15, -0.1) is 8.78 Å². The lowest BCUT2D eigenvalue weighted by Gasteiger charge is -2.26. The number of benzene rings is 1. The summed E-state index contributed by atoms with van der Waals surface area (Å²) in [6, 6.07) is 2.33. The Hall–Kier alpha value is -2.68. The number of carbonyl (C=O) groups is 1. The van der Waals surface area contributed by atoms with Gasteiger partial charge in [0.25, 0.3) is 0 Å². The highest BCUT2D eigenvalue weighted by atomic mass is 35.5. The molecule has 2 aliphatic heterocycles. The van der Waals surface area contributed by atoms with Crippen LogP contribution in [0.4, 0.5) is 19.4 Å². The summed E-state index contributed by atoms with van der Waals surface area (Å²) in [5.74, 6) is 0.00789. The molecule has 0 bridgehead atoms. The van der Waals surface area contributed by atoms with Gasteiger partial charge in [0, 0.05) is 24.7 Å². The Labute approximate surface area is 158 Å². The van der Waals surface area contributed by atoms with E-state index >= 15 is 0 Å². The summed E-state index contributed by atoms with van der Waals surface area (Å²) in [4.78, 5) is 22.3. The smallest absolute Gasteiger partial charge is 0.395 e. The number of alkyl halides is 2. The van der Waals surface area contributed by atoms with Crippen molar-refractivity contribution in [3.05, 3.63) is 29.5 Å². The number of rotatable bonds is 2. The molecule has 2 aromatic rings. The molecular weight excluding hydrogens is 382 g/mol. The molecule has 0 atom stereocenters. The number of halogens is 3. The summed E-state index contributed by atoms with van der Waals surface area (Å²) in [6.07, 6.45) is 2.15. The van der Waals surface area contributed by atoms with Crippen LogP contribution in [0.3, 0.4) is 0 Å². The second-order valence-corrected chi connectivity index (χ2v) is 6.62. The molecule has 1 fully saturated rings. The molecule has 0 radical (unpaired) electrons. The third kappa shape index (κ3) is 3.73. The molecule has 0 saturated carbocycles. The number of likely N-dealkylation sites (tertiary alicyclic amines) is 1. The van der Waals surface area contributed by atoms with Crippen molar-refractivity contribution in [2.45, 2.75) is 25.6 Å². The molecule has 1 aromatic carbocycles. The monoisotopic (exact) mass is 396 g/mol. The molecule has 1 N–H and O–H groups in total. The lowest BCUT2D eigenvalue weighted by atomic mass is 10.1. The van der Waals surface area contributed by atoms with Crippen molar-refractivity contribution >= 4 is 23.4 Å². The van der Waals surface area contributed by atoms with Gasteiger partial charge in [0.15, 0.2) is 17.3 Å². The van der Waals surface area contributed by atoms with Crippen LogP contribution in [0.25, 0.3) is 11.3 Å². The number of amides is 2. The first-order valence-electron chi connectivity index (χ1n) is 8.39. The van der Waals surface area contributed by atoms with Crippen molar-refractivity contribution in [1.29, 1.82) is 0 Å². The molecule has 10 heteroatoms. The zero-order valence-corrected chi connectivity index (χ0v) is 14.8. The van der Waals surface area contributed by atoms with E-state index in [0.29, 0.717) is 11.3 Å². The zero-order chi connectivity index (χ0) is 19.0. The van der Waals surface area contributed by atoms with Gasteiger partial charge in [-0.3, -0.25) is 10.3 Å². The number of fused-ring (bicyclic) bond motifs is 1. The summed E-state index contributed by atoms with van der Waals surface area (Å²) in [5, 5.41) is 2.86. The van der Waals surface area contributed by atoms with Crippen molar-refractivity contribution in [2.24, 2.45) is 0 Å². The maximum absolute atomic E-state index is 13.2. The van der Waals surface area contributed by atoms with E-state index in [9.17, 15) is 13.6 Å². The SMILES string of the molecule is O=C(Nc1cnc(-c2cc3c(cc2Cl)OC(F)(F)O3)cn1)N1CCCCC1. The van der Waals surface area contributed by atoms with Crippen LogP contribution in [0.5, 0.6) is 11.5 Å². The maximum Gasteiger partial charge on any atom is 0.586 e. The average Bonchev–Trinajstić information content (AvgIpc) is 2.95. The first-order valence-corrected chi connectivity index (χ1v) is 8.77. The molecule has 0 aliphatic carbocycles. The number of anilines is 1. The highest BCUT2D eigenvalue weighted by Gasteiger charge is 2.43. The van der Waals surface area contributed by atoms with Crippen molar-refractivity contribution in [3.63, 3.8) is 0 Å². The Morgan fingerprint density at radius 2 is 1.81 bits per heavy atom. The van der Waals surface area contributed by atoms with E-state index in [2.05, 4.69) is 24.8 Å². The van der Waals surface area contributed by atoms with Crippen molar-refractivity contribution < 1.29 is 23.0 Å². The standard InChI is InChI=1S/C17H15ClF2N4O3/c18-11-7-14-13(26-17(19,20)27-14)6-10(11)12-8-22-15(9-21-12)23-16(25)24-4-2-1-3-5-24/h6-9H,1-5H2,(H,22,23,25). The molecule has 2 aliphatic rings. The summed E-state index contributed by atoms with van der Waals surface area (Å²) in [6.45, 7) is 1.43. The van der Waals surface area contributed by atoms with E-state index in [4.69, 9.17) is 11.6 Å². The molecule has 7 nitrogen and oxygen atoms in total. The van der Waals surface area contributed by atoms with Gasteiger partial charge in [0.1, 0.15) is 0 Å². The Morgan fingerprint density at radius 1 is 1.11 bits per heavy atom. The number of urea groups is 1. The number of hydrogen-bond acceptors (Lipinski definition) is 5. The van der Waals surface area contributed by atoms with E-state index < -0.39 is 6.29 Å². The van der Waals surface area contributed by atoms with Crippen LogP contribution < -0.4 is 14.8 Å². The topological polar surface area (TPSA) is 76.6 Å². The quantitative estimate of drug-likeness (QED) is 0.825. The second-order valence-electron chi connectivity index (χ2n) is 6.21. The fourth-order valence-electron chi connectivity index (χ4n) is 2.99. The molecule has 1 saturated heterocycles. The van der Waals surface area contributed by atoms with Gasteiger partial charge in [-0.2, -0.15) is 0 Å². The van der Waals surface area contributed by atoms with Crippen LogP contribution in [0.15, 0.2) is 24.5 Å². The summed E-state index contributed by atoms with van der Waals surface area (Å²) in [5.41, 5.74) is 0.704. The van der Waals surface area contributed by atoms with Gasteiger partial charge in [-0.25, -0.2) is 9.78 Å². The van der Waals surface area contributed by atoms with Crippen LogP contribution in [-0.4, -0.2) is 40.3 Å². The lowest BCUT2D eigenvalue weighted by molar-refractivity contribution is -0.286. The molecule has 2 amide bonds. The van der Waals surface area contributed by atoms with E-state index in [-0.39, 0.29) is 28.4 Å².